The number of nitrogens with two attached hydrogens (primary N) is 1. The van der Waals surface area contributed by atoms with E-state index in [-0.39, 0.29) is 0 Å². The summed E-state index contributed by atoms with van der Waals surface area (Å²) in [6, 6.07) is 8.79. The van der Waals surface area contributed by atoms with Gasteiger partial charge in [-0.1, -0.05) is 0 Å². The van der Waals surface area contributed by atoms with Gasteiger partial charge in [0.15, 0.2) is 0 Å². The average molecular weight is 215 g/mol. The van der Waals surface area contributed by atoms with E-state index in [1.165, 1.54) is 24.9 Å². The van der Waals surface area contributed by atoms with Gasteiger partial charge in [-0.3, -0.25) is 0 Å². The Balaban J connectivity index is 2.21. The molecule has 1 saturated carbocycles. The zero-order valence-corrected chi connectivity index (χ0v) is 9.61. The number of benzene rings is 1. The van der Waals surface area contributed by atoms with E-state index in [1.807, 2.05) is 18.2 Å². The summed E-state index contributed by atoms with van der Waals surface area (Å²) in [7, 11) is 2.12. The predicted octanol–water partition coefficient (Wildman–Crippen LogP) is 2.32. The van der Waals surface area contributed by atoms with Crippen molar-refractivity contribution >= 4 is 11.4 Å². The van der Waals surface area contributed by atoms with Crippen LogP contribution in [0.4, 0.5) is 11.4 Å². The van der Waals surface area contributed by atoms with Gasteiger partial charge in [-0.15, -0.1) is 0 Å². The van der Waals surface area contributed by atoms with E-state index in [1.54, 1.807) is 0 Å². The van der Waals surface area contributed by atoms with Crippen LogP contribution in [0.3, 0.4) is 0 Å². The maximum absolute atomic E-state index is 8.72. The van der Waals surface area contributed by atoms with Crippen molar-refractivity contribution in [1.82, 2.24) is 0 Å². The fourth-order valence-corrected chi connectivity index (χ4v) is 2.03. The van der Waals surface area contributed by atoms with E-state index >= 15 is 0 Å². The third-order valence-electron chi connectivity index (χ3n) is 3.43. The number of hydrogen-bond acceptors (Lipinski definition) is 3. The monoisotopic (exact) mass is 215 g/mol. The summed E-state index contributed by atoms with van der Waals surface area (Å²) in [4.78, 5) is 2.30. The van der Waals surface area contributed by atoms with Crippen LogP contribution in [0, 0.1) is 11.3 Å². The second-order valence-electron chi connectivity index (χ2n) is 4.41. The van der Waals surface area contributed by atoms with Crippen LogP contribution in [-0.4, -0.2) is 13.1 Å². The number of anilines is 2. The number of nitrogens with zero attached hydrogens (tertiary/aromatic N) is 2. The summed E-state index contributed by atoms with van der Waals surface area (Å²) in [6.07, 6.45) is 4.26. The normalized spacial score (nSPS) is 15.2. The van der Waals surface area contributed by atoms with Crippen LogP contribution in [0.25, 0.3) is 0 Å². The van der Waals surface area contributed by atoms with Gasteiger partial charge in [-0.2, -0.15) is 5.26 Å². The summed E-state index contributed by atoms with van der Waals surface area (Å²) >= 11 is 0. The first-order valence-corrected chi connectivity index (χ1v) is 5.70. The van der Waals surface area contributed by atoms with Gasteiger partial charge >= 0.3 is 0 Å². The van der Waals surface area contributed by atoms with Crippen molar-refractivity contribution in [3.05, 3.63) is 23.8 Å². The molecule has 0 spiro atoms. The highest BCUT2D eigenvalue weighted by Gasteiger charge is 2.22. The Labute approximate surface area is 96.5 Å². The van der Waals surface area contributed by atoms with Crippen molar-refractivity contribution in [2.24, 2.45) is 0 Å². The zero-order valence-electron chi connectivity index (χ0n) is 9.61. The molecular weight excluding hydrogens is 198 g/mol. The number of nitriles is 1. The van der Waals surface area contributed by atoms with Crippen molar-refractivity contribution in [3.8, 4) is 6.07 Å². The molecule has 16 heavy (non-hydrogen) atoms. The van der Waals surface area contributed by atoms with Crippen molar-refractivity contribution in [3.63, 3.8) is 0 Å². The first-order chi connectivity index (χ1) is 7.72. The Morgan fingerprint density at radius 3 is 2.81 bits per heavy atom. The maximum atomic E-state index is 8.72. The Hall–Kier alpha value is -1.69. The summed E-state index contributed by atoms with van der Waals surface area (Å²) in [5.41, 5.74) is 8.65. The molecule has 0 radical (unpaired) electrons. The lowest BCUT2D eigenvalue weighted by Gasteiger charge is -2.36. The lowest BCUT2D eigenvalue weighted by Crippen LogP contribution is -2.37. The van der Waals surface area contributed by atoms with Crippen LogP contribution in [0.5, 0.6) is 0 Å². The predicted molar refractivity (Wildman–Crippen MR) is 66.2 cm³/mol. The molecule has 84 valence electrons. The minimum absolute atomic E-state index is 0.387. The van der Waals surface area contributed by atoms with E-state index in [9.17, 15) is 0 Å². The second-order valence-corrected chi connectivity index (χ2v) is 4.41. The summed E-state index contributed by atoms with van der Waals surface area (Å²) in [6.45, 7) is 0. The molecule has 3 heteroatoms. The summed E-state index contributed by atoms with van der Waals surface area (Å²) in [5.74, 6) is 0. The molecule has 0 atom stereocenters. The average Bonchev–Trinajstić information content (AvgIpc) is 2.19. The standard InChI is InChI=1S/C13H17N3/c1-16(11-3-2-4-11)12-5-6-13(15)10(9-12)7-8-14/h5-6,9,11H,2-4,7,15H2,1H3. The molecule has 0 unspecified atom stereocenters. The minimum atomic E-state index is 0.387. The van der Waals surface area contributed by atoms with Gasteiger partial charge in [0, 0.05) is 24.5 Å². The van der Waals surface area contributed by atoms with Crippen LogP contribution in [-0.2, 0) is 6.42 Å². The highest BCUT2D eigenvalue weighted by Crippen LogP contribution is 2.29. The molecular formula is C13H17N3. The van der Waals surface area contributed by atoms with Crippen LogP contribution >= 0.6 is 0 Å². The van der Waals surface area contributed by atoms with Gasteiger partial charge in [-0.05, 0) is 43.0 Å². The van der Waals surface area contributed by atoms with Crippen molar-refractivity contribution in [2.75, 3.05) is 17.7 Å². The molecule has 1 aromatic carbocycles. The maximum Gasteiger partial charge on any atom is 0.0670 e. The van der Waals surface area contributed by atoms with Gasteiger partial charge in [0.1, 0.15) is 0 Å². The molecule has 0 aromatic heterocycles. The summed E-state index contributed by atoms with van der Waals surface area (Å²) in [5, 5.41) is 8.72. The molecule has 2 rings (SSSR count). The van der Waals surface area contributed by atoms with Crippen LogP contribution < -0.4 is 10.6 Å². The molecule has 1 aliphatic rings. The molecule has 3 nitrogen and oxygen atoms in total. The molecule has 0 bridgehead atoms. The van der Waals surface area contributed by atoms with Crippen LogP contribution in [0.1, 0.15) is 24.8 Å². The van der Waals surface area contributed by atoms with E-state index in [0.29, 0.717) is 18.2 Å². The highest BCUT2D eigenvalue weighted by molar-refractivity contribution is 5.59. The van der Waals surface area contributed by atoms with Gasteiger partial charge < -0.3 is 10.6 Å². The lowest BCUT2D eigenvalue weighted by molar-refractivity contribution is 0.401. The molecule has 0 heterocycles. The van der Waals surface area contributed by atoms with Crippen molar-refractivity contribution < 1.29 is 0 Å². The molecule has 0 amide bonds. The summed E-state index contributed by atoms with van der Waals surface area (Å²) < 4.78 is 0. The number of nitrogen functional groups attached to an aromatic ring is 1. The number of rotatable bonds is 3. The van der Waals surface area contributed by atoms with E-state index in [4.69, 9.17) is 11.0 Å². The van der Waals surface area contributed by atoms with Gasteiger partial charge in [0.2, 0.25) is 0 Å². The van der Waals surface area contributed by atoms with Crippen molar-refractivity contribution in [1.29, 1.82) is 5.26 Å². The Kier molecular flexibility index (Phi) is 3.00. The lowest BCUT2D eigenvalue weighted by atomic mass is 9.91. The second kappa shape index (κ2) is 4.44. The third-order valence-corrected chi connectivity index (χ3v) is 3.43. The van der Waals surface area contributed by atoms with E-state index in [2.05, 4.69) is 18.0 Å². The Morgan fingerprint density at radius 2 is 2.25 bits per heavy atom. The van der Waals surface area contributed by atoms with E-state index < -0.39 is 0 Å². The Bertz CT molecular complexity index is 416. The van der Waals surface area contributed by atoms with Gasteiger partial charge in [-0.25, -0.2) is 0 Å². The zero-order chi connectivity index (χ0) is 11.5. The minimum Gasteiger partial charge on any atom is -0.398 e. The molecule has 0 aliphatic heterocycles. The fraction of sp³-hybridized carbons (Fsp3) is 0.462. The molecule has 1 aliphatic carbocycles. The fourth-order valence-electron chi connectivity index (χ4n) is 2.03. The SMILES string of the molecule is CN(c1ccc(N)c(CC#N)c1)C1CCC1. The topological polar surface area (TPSA) is 53.0 Å². The van der Waals surface area contributed by atoms with Crippen molar-refractivity contribution in [2.45, 2.75) is 31.7 Å². The van der Waals surface area contributed by atoms with Crippen LogP contribution in [0.15, 0.2) is 18.2 Å². The molecule has 1 fully saturated rings. The molecule has 2 N–H and O–H groups in total. The first kappa shape index (κ1) is 10.8. The van der Waals surface area contributed by atoms with Crippen LogP contribution in [0.2, 0.25) is 0 Å². The van der Waals surface area contributed by atoms with E-state index in [0.717, 1.165) is 5.56 Å². The highest BCUT2D eigenvalue weighted by atomic mass is 15.1. The Morgan fingerprint density at radius 1 is 1.50 bits per heavy atom. The molecule has 1 aromatic rings. The van der Waals surface area contributed by atoms with Gasteiger partial charge in [0.25, 0.3) is 0 Å². The molecule has 0 saturated heterocycles. The van der Waals surface area contributed by atoms with Gasteiger partial charge in [0.05, 0.1) is 12.5 Å². The number of hydrogen-bond donors (Lipinski definition) is 1. The first-order valence-electron chi connectivity index (χ1n) is 5.70. The smallest absolute Gasteiger partial charge is 0.0670 e. The quantitative estimate of drug-likeness (QED) is 0.787. The third kappa shape index (κ3) is 1.96. The largest absolute Gasteiger partial charge is 0.398 e.